The number of aliphatic hydroxyl groups excluding tert-OH is 1. The van der Waals surface area contributed by atoms with Crippen molar-refractivity contribution in [2.45, 2.75) is 64.9 Å². The Morgan fingerprint density at radius 1 is 1.05 bits per heavy atom. The van der Waals surface area contributed by atoms with Crippen LogP contribution >= 0.6 is 0 Å². The molecular formula is C19H32O2. The van der Waals surface area contributed by atoms with Crippen LogP contribution in [0.25, 0.3) is 0 Å². The SMILES string of the molecule is CC1CCC2C(CCC3C2CCC2(C)C(CO)OCC32)C1. The van der Waals surface area contributed by atoms with Gasteiger partial charge in [-0.3, -0.25) is 0 Å². The van der Waals surface area contributed by atoms with Crippen molar-refractivity contribution in [3.8, 4) is 0 Å². The number of fused-ring (bicyclic) bond motifs is 5. The fraction of sp³-hybridized carbons (Fsp3) is 1.00. The van der Waals surface area contributed by atoms with Gasteiger partial charge in [0.05, 0.1) is 19.3 Å². The van der Waals surface area contributed by atoms with Crippen LogP contribution in [-0.4, -0.2) is 24.4 Å². The van der Waals surface area contributed by atoms with E-state index in [-0.39, 0.29) is 18.1 Å². The Morgan fingerprint density at radius 2 is 1.86 bits per heavy atom. The summed E-state index contributed by atoms with van der Waals surface area (Å²) < 4.78 is 6.00. The van der Waals surface area contributed by atoms with Crippen LogP contribution < -0.4 is 0 Å². The monoisotopic (exact) mass is 292 g/mol. The highest BCUT2D eigenvalue weighted by molar-refractivity contribution is 5.05. The maximum absolute atomic E-state index is 9.66. The van der Waals surface area contributed by atoms with Crippen molar-refractivity contribution >= 4 is 0 Å². The molecule has 2 nitrogen and oxygen atoms in total. The minimum Gasteiger partial charge on any atom is -0.394 e. The summed E-state index contributed by atoms with van der Waals surface area (Å²) in [6.45, 7) is 5.98. The molecule has 21 heavy (non-hydrogen) atoms. The topological polar surface area (TPSA) is 29.5 Å². The van der Waals surface area contributed by atoms with Gasteiger partial charge in [-0.2, -0.15) is 0 Å². The molecule has 4 rings (SSSR count). The van der Waals surface area contributed by atoms with Crippen molar-refractivity contribution < 1.29 is 9.84 Å². The average Bonchev–Trinajstić information content (AvgIpc) is 2.83. The van der Waals surface area contributed by atoms with Crippen LogP contribution in [-0.2, 0) is 4.74 Å². The molecule has 2 heteroatoms. The second-order valence-corrected chi connectivity index (χ2v) is 8.90. The molecule has 0 amide bonds. The first kappa shape index (κ1) is 14.5. The summed E-state index contributed by atoms with van der Waals surface area (Å²) in [4.78, 5) is 0. The summed E-state index contributed by atoms with van der Waals surface area (Å²) in [5, 5.41) is 9.66. The van der Waals surface area contributed by atoms with Crippen LogP contribution in [0, 0.1) is 40.9 Å². The number of rotatable bonds is 1. The maximum Gasteiger partial charge on any atom is 0.0862 e. The molecule has 0 radical (unpaired) electrons. The summed E-state index contributed by atoms with van der Waals surface area (Å²) >= 11 is 0. The number of ether oxygens (including phenoxy) is 1. The Morgan fingerprint density at radius 3 is 2.67 bits per heavy atom. The lowest BCUT2D eigenvalue weighted by molar-refractivity contribution is -0.0646. The fourth-order valence-corrected chi connectivity index (χ4v) is 6.82. The van der Waals surface area contributed by atoms with Crippen molar-refractivity contribution in [2.24, 2.45) is 40.9 Å². The zero-order valence-corrected chi connectivity index (χ0v) is 13.8. The number of aliphatic hydroxyl groups is 1. The van der Waals surface area contributed by atoms with Gasteiger partial charge in [-0.25, -0.2) is 0 Å². The van der Waals surface area contributed by atoms with Crippen LogP contribution in [0.15, 0.2) is 0 Å². The van der Waals surface area contributed by atoms with Crippen molar-refractivity contribution in [3.63, 3.8) is 0 Å². The van der Waals surface area contributed by atoms with E-state index in [4.69, 9.17) is 4.74 Å². The molecule has 0 aromatic rings. The first-order valence-corrected chi connectivity index (χ1v) is 9.36. The normalized spacial score (nSPS) is 56.4. The summed E-state index contributed by atoms with van der Waals surface area (Å²) in [6.07, 6.45) is 10.1. The molecule has 1 heterocycles. The number of hydrogen-bond acceptors (Lipinski definition) is 2. The number of hydrogen-bond donors (Lipinski definition) is 1. The standard InChI is InChI=1S/C19H32O2/c1-12-3-5-14-13(9-12)4-6-16-15(14)7-8-19(2)17(16)11-21-18(19)10-20/h12-18,20H,3-11H2,1-2H3. The third-order valence-corrected chi connectivity index (χ3v) is 8.03. The quantitative estimate of drug-likeness (QED) is 0.795. The molecule has 0 aromatic heterocycles. The van der Waals surface area contributed by atoms with Gasteiger partial charge in [0.1, 0.15) is 0 Å². The largest absolute Gasteiger partial charge is 0.394 e. The van der Waals surface area contributed by atoms with Crippen LogP contribution in [0.5, 0.6) is 0 Å². The molecular weight excluding hydrogens is 260 g/mol. The lowest BCUT2D eigenvalue weighted by atomic mass is 9.49. The van der Waals surface area contributed by atoms with Gasteiger partial charge in [-0.1, -0.05) is 20.3 Å². The molecule has 0 bridgehead atoms. The van der Waals surface area contributed by atoms with E-state index in [2.05, 4.69) is 13.8 Å². The van der Waals surface area contributed by atoms with Crippen molar-refractivity contribution in [3.05, 3.63) is 0 Å². The zero-order valence-electron chi connectivity index (χ0n) is 13.8. The average molecular weight is 292 g/mol. The van der Waals surface area contributed by atoms with Gasteiger partial charge in [0.25, 0.3) is 0 Å². The molecule has 3 aliphatic carbocycles. The van der Waals surface area contributed by atoms with E-state index in [1.807, 2.05) is 0 Å². The molecule has 1 aliphatic heterocycles. The van der Waals surface area contributed by atoms with Crippen LogP contribution in [0.4, 0.5) is 0 Å². The summed E-state index contributed by atoms with van der Waals surface area (Å²) in [5.41, 5.74) is 0.255. The van der Waals surface area contributed by atoms with Crippen molar-refractivity contribution in [2.75, 3.05) is 13.2 Å². The molecule has 1 saturated heterocycles. The molecule has 120 valence electrons. The highest BCUT2D eigenvalue weighted by Gasteiger charge is 2.57. The Bertz CT molecular complexity index is 395. The minimum absolute atomic E-state index is 0.104. The van der Waals surface area contributed by atoms with E-state index >= 15 is 0 Å². The molecule has 1 N–H and O–H groups in total. The summed E-state index contributed by atoms with van der Waals surface area (Å²) in [5.74, 6) is 5.57. The third kappa shape index (κ3) is 2.12. The minimum atomic E-state index is 0.104. The second kappa shape index (κ2) is 5.23. The maximum atomic E-state index is 9.66. The highest BCUT2D eigenvalue weighted by atomic mass is 16.5. The van der Waals surface area contributed by atoms with Gasteiger partial charge in [0.2, 0.25) is 0 Å². The van der Waals surface area contributed by atoms with Crippen LogP contribution in [0.3, 0.4) is 0 Å². The Hall–Kier alpha value is -0.0800. The smallest absolute Gasteiger partial charge is 0.0862 e. The van der Waals surface area contributed by atoms with Gasteiger partial charge < -0.3 is 9.84 Å². The van der Waals surface area contributed by atoms with Gasteiger partial charge in [-0.05, 0) is 74.0 Å². The van der Waals surface area contributed by atoms with E-state index in [1.54, 1.807) is 0 Å². The predicted octanol–water partition coefficient (Wildman–Crippen LogP) is 3.87. The molecule has 0 spiro atoms. The summed E-state index contributed by atoms with van der Waals surface area (Å²) in [7, 11) is 0. The molecule has 0 aromatic carbocycles. The van der Waals surface area contributed by atoms with E-state index in [9.17, 15) is 5.11 Å². The lowest BCUT2D eigenvalue weighted by Crippen LogP contribution is -2.50. The van der Waals surface area contributed by atoms with Gasteiger partial charge in [0, 0.05) is 5.41 Å². The third-order valence-electron chi connectivity index (χ3n) is 8.03. The van der Waals surface area contributed by atoms with Crippen molar-refractivity contribution in [1.29, 1.82) is 0 Å². The Kier molecular flexibility index (Phi) is 3.61. The van der Waals surface area contributed by atoms with E-state index in [0.717, 1.165) is 36.2 Å². The van der Waals surface area contributed by atoms with E-state index in [1.165, 1.54) is 44.9 Å². The molecule has 8 unspecified atom stereocenters. The zero-order chi connectivity index (χ0) is 14.6. The predicted molar refractivity (Wildman–Crippen MR) is 83.9 cm³/mol. The molecule has 8 atom stereocenters. The summed E-state index contributed by atoms with van der Waals surface area (Å²) in [6, 6.07) is 0. The first-order valence-electron chi connectivity index (χ1n) is 9.36. The molecule has 4 fully saturated rings. The molecule has 4 aliphatic rings. The Balaban J connectivity index is 1.55. The fourth-order valence-electron chi connectivity index (χ4n) is 6.82. The van der Waals surface area contributed by atoms with Crippen molar-refractivity contribution in [1.82, 2.24) is 0 Å². The van der Waals surface area contributed by atoms with Crippen LogP contribution in [0.2, 0.25) is 0 Å². The van der Waals surface area contributed by atoms with E-state index in [0.29, 0.717) is 5.92 Å². The van der Waals surface area contributed by atoms with Gasteiger partial charge >= 0.3 is 0 Å². The van der Waals surface area contributed by atoms with E-state index < -0.39 is 0 Å². The second-order valence-electron chi connectivity index (χ2n) is 8.90. The Labute approximate surface area is 129 Å². The van der Waals surface area contributed by atoms with Gasteiger partial charge in [0.15, 0.2) is 0 Å². The first-order chi connectivity index (χ1) is 10.1. The van der Waals surface area contributed by atoms with Gasteiger partial charge in [-0.15, -0.1) is 0 Å². The lowest BCUT2D eigenvalue weighted by Gasteiger charge is -2.55. The highest BCUT2D eigenvalue weighted by Crippen LogP contribution is 2.61. The van der Waals surface area contributed by atoms with Crippen LogP contribution in [0.1, 0.15) is 58.8 Å². The molecule has 3 saturated carbocycles.